The largest absolute Gasteiger partial charge is 0.380 e. The predicted octanol–water partition coefficient (Wildman–Crippen LogP) is 0.863. The van der Waals surface area contributed by atoms with Gasteiger partial charge >= 0.3 is 0 Å². The minimum atomic E-state index is -3.20. The second-order valence-corrected chi connectivity index (χ2v) is 5.81. The molecular weight excluding hydrogens is 242 g/mol. The number of nitrogens with zero attached hydrogens (tertiary/aromatic N) is 2. The van der Waals surface area contributed by atoms with Crippen molar-refractivity contribution in [3.8, 4) is 11.1 Å². The van der Waals surface area contributed by atoms with Gasteiger partial charge in [-0.05, 0) is 17.7 Å². The fourth-order valence-electron chi connectivity index (χ4n) is 1.50. The molecule has 0 radical (unpaired) electrons. The van der Waals surface area contributed by atoms with Crippen molar-refractivity contribution in [2.75, 3.05) is 12.0 Å². The third-order valence-corrected chi connectivity index (χ3v) is 2.94. The zero-order chi connectivity index (χ0) is 12.5. The Kier molecular flexibility index (Phi) is 2.84. The Bertz CT molecular complexity index is 620. The molecule has 0 amide bonds. The van der Waals surface area contributed by atoms with E-state index in [9.17, 15) is 8.42 Å². The van der Waals surface area contributed by atoms with E-state index in [1.807, 2.05) is 0 Å². The van der Waals surface area contributed by atoms with Gasteiger partial charge in [-0.15, -0.1) is 0 Å². The first-order valence-corrected chi connectivity index (χ1v) is 6.85. The number of rotatable bonds is 3. The van der Waals surface area contributed by atoms with E-state index in [0.717, 1.165) is 11.8 Å². The van der Waals surface area contributed by atoms with Gasteiger partial charge in [-0.2, -0.15) is 0 Å². The molecular formula is C10H11N3O3S. The van der Waals surface area contributed by atoms with E-state index < -0.39 is 9.84 Å². The topological polar surface area (TPSA) is 99.1 Å². The highest BCUT2D eigenvalue weighted by atomic mass is 32.2. The van der Waals surface area contributed by atoms with E-state index in [1.54, 1.807) is 24.5 Å². The summed E-state index contributed by atoms with van der Waals surface area (Å²) in [6.45, 7) is 0. The van der Waals surface area contributed by atoms with Gasteiger partial charge in [0.15, 0.2) is 21.4 Å². The van der Waals surface area contributed by atoms with Crippen LogP contribution in [0.5, 0.6) is 0 Å². The van der Waals surface area contributed by atoms with Crippen molar-refractivity contribution < 1.29 is 12.9 Å². The molecule has 2 aromatic heterocycles. The average Bonchev–Trinajstić information content (AvgIpc) is 2.58. The first kappa shape index (κ1) is 11.6. The summed E-state index contributed by atoms with van der Waals surface area (Å²) >= 11 is 0. The van der Waals surface area contributed by atoms with Crippen LogP contribution in [0.25, 0.3) is 11.1 Å². The van der Waals surface area contributed by atoms with E-state index in [4.69, 9.17) is 10.3 Å². The van der Waals surface area contributed by atoms with Gasteiger partial charge in [0.05, 0.1) is 5.56 Å². The van der Waals surface area contributed by atoms with Crippen molar-refractivity contribution in [3.63, 3.8) is 0 Å². The Morgan fingerprint density at radius 3 is 2.59 bits per heavy atom. The molecule has 0 bridgehead atoms. The van der Waals surface area contributed by atoms with Crippen molar-refractivity contribution >= 4 is 15.7 Å². The highest BCUT2D eigenvalue weighted by molar-refractivity contribution is 7.89. The molecule has 0 aromatic carbocycles. The van der Waals surface area contributed by atoms with Crippen molar-refractivity contribution in [2.24, 2.45) is 0 Å². The Balaban J connectivity index is 2.51. The number of anilines is 1. The summed E-state index contributed by atoms with van der Waals surface area (Å²) in [6, 6.07) is 3.43. The van der Waals surface area contributed by atoms with E-state index >= 15 is 0 Å². The molecule has 0 fully saturated rings. The molecule has 17 heavy (non-hydrogen) atoms. The molecule has 0 atom stereocenters. The van der Waals surface area contributed by atoms with Crippen LogP contribution >= 0.6 is 0 Å². The van der Waals surface area contributed by atoms with Gasteiger partial charge in [0.1, 0.15) is 5.75 Å². The monoisotopic (exact) mass is 253 g/mol. The lowest BCUT2D eigenvalue weighted by Gasteiger charge is -2.00. The van der Waals surface area contributed by atoms with Crippen molar-refractivity contribution in [1.82, 2.24) is 10.1 Å². The standard InChI is InChI=1S/C10H11N3O3S/c1-17(14,15)6-8-9(10(11)13-16-8)7-2-4-12-5-3-7/h2-5H,6H2,1H3,(H2,11,13). The fourth-order valence-corrected chi connectivity index (χ4v) is 2.18. The molecule has 0 spiro atoms. The van der Waals surface area contributed by atoms with Crippen LogP contribution < -0.4 is 5.73 Å². The molecule has 2 rings (SSSR count). The van der Waals surface area contributed by atoms with Gasteiger partial charge in [0, 0.05) is 18.6 Å². The zero-order valence-corrected chi connectivity index (χ0v) is 9.94. The molecule has 0 aliphatic carbocycles. The fraction of sp³-hybridized carbons (Fsp3) is 0.200. The maximum atomic E-state index is 11.3. The second kappa shape index (κ2) is 4.17. The number of sulfone groups is 1. The number of hydrogen-bond donors (Lipinski definition) is 1. The van der Waals surface area contributed by atoms with Crippen LogP contribution in [0.4, 0.5) is 5.82 Å². The van der Waals surface area contributed by atoms with Crippen LogP contribution in [-0.4, -0.2) is 24.8 Å². The van der Waals surface area contributed by atoms with Crippen LogP contribution in [0.15, 0.2) is 29.0 Å². The third kappa shape index (κ3) is 2.62. The molecule has 0 aliphatic rings. The molecule has 0 aliphatic heterocycles. The van der Waals surface area contributed by atoms with Gasteiger partial charge in [-0.3, -0.25) is 4.98 Å². The summed E-state index contributed by atoms with van der Waals surface area (Å²) in [4.78, 5) is 3.88. The molecule has 2 heterocycles. The summed E-state index contributed by atoms with van der Waals surface area (Å²) < 4.78 is 27.5. The van der Waals surface area contributed by atoms with Crippen LogP contribution in [-0.2, 0) is 15.6 Å². The number of hydrogen-bond acceptors (Lipinski definition) is 6. The Morgan fingerprint density at radius 1 is 1.35 bits per heavy atom. The highest BCUT2D eigenvalue weighted by Gasteiger charge is 2.19. The Morgan fingerprint density at radius 2 is 2.00 bits per heavy atom. The lowest BCUT2D eigenvalue weighted by Crippen LogP contribution is -2.01. The lowest BCUT2D eigenvalue weighted by atomic mass is 10.1. The summed E-state index contributed by atoms with van der Waals surface area (Å²) in [5.41, 5.74) is 6.92. The van der Waals surface area contributed by atoms with Crippen LogP contribution in [0.2, 0.25) is 0 Å². The smallest absolute Gasteiger partial charge is 0.175 e. The summed E-state index contributed by atoms with van der Waals surface area (Å²) in [6.07, 6.45) is 4.31. The highest BCUT2D eigenvalue weighted by Crippen LogP contribution is 2.29. The maximum Gasteiger partial charge on any atom is 0.175 e. The van der Waals surface area contributed by atoms with Gasteiger partial charge in [0.2, 0.25) is 0 Å². The SMILES string of the molecule is CS(=O)(=O)Cc1onc(N)c1-c1ccncc1. The molecule has 2 N–H and O–H groups in total. The minimum absolute atomic E-state index is 0.176. The average molecular weight is 253 g/mol. The van der Waals surface area contributed by atoms with Crippen molar-refractivity contribution in [1.29, 1.82) is 0 Å². The summed E-state index contributed by atoms with van der Waals surface area (Å²) in [5, 5.41) is 3.60. The zero-order valence-electron chi connectivity index (χ0n) is 9.12. The van der Waals surface area contributed by atoms with E-state index in [0.29, 0.717) is 5.56 Å². The van der Waals surface area contributed by atoms with E-state index in [2.05, 4.69) is 10.1 Å². The van der Waals surface area contributed by atoms with Gasteiger partial charge < -0.3 is 10.3 Å². The number of nitrogen functional groups attached to an aromatic ring is 1. The number of nitrogens with two attached hydrogens (primary N) is 1. The first-order valence-electron chi connectivity index (χ1n) is 4.79. The molecule has 90 valence electrons. The molecule has 2 aromatic rings. The minimum Gasteiger partial charge on any atom is -0.380 e. The van der Waals surface area contributed by atoms with Crippen molar-refractivity contribution in [3.05, 3.63) is 30.3 Å². The Hall–Kier alpha value is -1.89. The number of pyridine rings is 1. The number of aromatic nitrogens is 2. The molecule has 0 unspecified atom stereocenters. The van der Waals surface area contributed by atoms with Crippen molar-refractivity contribution in [2.45, 2.75) is 5.75 Å². The quantitative estimate of drug-likeness (QED) is 0.871. The van der Waals surface area contributed by atoms with Crippen LogP contribution in [0, 0.1) is 0 Å². The van der Waals surface area contributed by atoms with Crippen LogP contribution in [0.1, 0.15) is 5.76 Å². The second-order valence-electron chi connectivity index (χ2n) is 3.67. The molecule has 6 nitrogen and oxygen atoms in total. The first-order chi connectivity index (χ1) is 7.97. The summed E-state index contributed by atoms with van der Waals surface area (Å²) in [5.74, 6) is 0.195. The molecule has 0 saturated carbocycles. The Labute approximate surface area is 98.4 Å². The normalized spacial score (nSPS) is 11.6. The van der Waals surface area contributed by atoms with Gasteiger partial charge in [-0.1, -0.05) is 5.16 Å². The molecule has 7 heteroatoms. The van der Waals surface area contributed by atoms with E-state index in [1.165, 1.54) is 0 Å². The lowest BCUT2D eigenvalue weighted by molar-refractivity contribution is 0.396. The van der Waals surface area contributed by atoms with Crippen LogP contribution in [0.3, 0.4) is 0 Å². The van der Waals surface area contributed by atoms with E-state index in [-0.39, 0.29) is 17.3 Å². The maximum absolute atomic E-state index is 11.3. The third-order valence-electron chi connectivity index (χ3n) is 2.15. The predicted molar refractivity (Wildman–Crippen MR) is 62.7 cm³/mol. The molecule has 0 saturated heterocycles. The van der Waals surface area contributed by atoms with Gasteiger partial charge in [-0.25, -0.2) is 8.42 Å². The van der Waals surface area contributed by atoms with Gasteiger partial charge in [0.25, 0.3) is 0 Å². The summed E-state index contributed by atoms with van der Waals surface area (Å²) in [7, 11) is -3.20.